The molecule has 0 saturated carbocycles. The maximum atomic E-state index is 10.5. The number of non-ortho nitro benzene ring substituents is 1. The average Bonchev–Trinajstić information content (AvgIpc) is 2.14. The van der Waals surface area contributed by atoms with Gasteiger partial charge >= 0.3 is 0 Å². The standard InChI is InChI=1S/C11H12N2O3/c14-13(15)10-3-1-9(2-4-10)12-6-5-11(12)7-16-8-11/h1-4H,5-8H2. The zero-order valence-electron chi connectivity index (χ0n) is 8.76. The summed E-state index contributed by atoms with van der Waals surface area (Å²) in [4.78, 5) is 12.4. The van der Waals surface area contributed by atoms with Crippen molar-refractivity contribution in [3.05, 3.63) is 34.4 Å². The van der Waals surface area contributed by atoms with Gasteiger partial charge in [-0.2, -0.15) is 0 Å². The molecule has 1 aromatic rings. The van der Waals surface area contributed by atoms with Gasteiger partial charge < -0.3 is 9.64 Å². The molecule has 0 N–H and O–H groups in total. The Morgan fingerprint density at radius 3 is 2.38 bits per heavy atom. The summed E-state index contributed by atoms with van der Waals surface area (Å²) >= 11 is 0. The van der Waals surface area contributed by atoms with E-state index < -0.39 is 0 Å². The molecule has 2 heterocycles. The molecule has 2 saturated heterocycles. The summed E-state index contributed by atoms with van der Waals surface area (Å²) in [5.41, 5.74) is 1.39. The van der Waals surface area contributed by atoms with Gasteiger partial charge in [0.25, 0.3) is 5.69 Å². The van der Waals surface area contributed by atoms with Gasteiger partial charge in [0, 0.05) is 24.4 Å². The summed E-state index contributed by atoms with van der Waals surface area (Å²) < 4.78 is 5.24. The summed E-state index contributed by atoms with van der Waals surface area (Å²) in [6.45, 7) is 2.58. The molecule has 5 nitrogen and oxygen atoms in total. The number of benzene rings is 1. The van der Waals surface area contributed by atoms with Crippen molar-refractivity contribution < 1.29 is 9.66 Å². The quantitative estimate of drug-likeness (QED) is 0.560. The lowest BCUT2D eigenvalue weighted by molar-refractivity contribution is -0.384. The van der Waals surface area contributed by atoms with Crippen LogP contribution in [0.1, 0.15) is 6.42 Å². The Morgan fingerprint density at radius 2 is 2.00 bits per heavy atom. The van der Waals surface area contributed by atoms with Crippen molar-refractivity contribution >= 4 is 11.4 Å². The van der Waals surface area contributed by atoms with Crippen LogP contribution in [0.15, 0.2) is 24.3 Å². The predicted octanol–water partition coefficient (Wildman–Crippen LogP) is 1.57. The molecule has 0 amide bonds. The summed E-state index contributed by atoms with van der Waals surface area (Å²) in [6, 6.07) is 6.75. The van der Waals surface area contributed by atoms with Gasteiger partial charge in [-0.3, -0.25) is 10.1 Å². The van der Waals surface area contributed by atoms with E-state index in [9.17, 15) is 10.1 Å². The van der Waals surface area contributed by atoms with Crippen LogP contribution in [-0.2, 0) is 4.74 Å². The van der Waals surface area contributed by atoms with Crippen LogP contribution >= 0.6 is 0 Å². The third-order valence-corrected chi connectivity index (χ3v) is 3.49. The van der Waals surface area contributed by atoms with Gasteiger partial charge in [-0.05, 0) is 18.6 Å². The zero-order valence-corrected chi connectivity index (χ0v) is 8.76. The molecule has 2 aliphatic heterocycles. The van der Waals surface area contributed by atoms with Gasteiger partial charge in [-0.15, -0.1) is 0 Å². The second-order valence-electron chi connectivity index (χ2n) is 4.39. The van der Waals surface area contributed by atoms with Crippen molar-refractivity contribution in [2.45, 2.75) is 12.0 Å². The Kier molecular flexibility index (Phi) is 1.91. The van der Waals surface area contributed by atoms with Gasteiger partial charge in [-0.1, -0.05) is 0 Å². The number of hydrogen-bond donors (Lipinski definition) is 0. The molecule has 16 heavy (non-hydrogen) atoms. The Hall–Kier alpha value is -1.62. The van der Waals surface area contributed by atoms with Crippen molar-refractivity contribution in [1.29, 1.82) is 0 Å². The molecule has 5 heteroatoms. The summed E-state index contributed by atoms with van der Waals surface area (Å²) in [6.07, 6.45) is 1.16. The van der Waals surface area contributed by atoms with E-state index in [4.69, 9.17) is 4.74 Å². The molecular weight excluding hydrogens is 208 g/mol. The Labute approximate surface area is 92.8 Å². The lowest BCUT2D eigenvalue weighted by Crippen LogP contribution is -2.71. The first-order valence-electron chi connectivity index (χ1n) is 5.31. The molecule has 0 aliphatic carbocycles. The van der Waals surface area contributed by atoms with Crippen LogP contribution in [0.4, 0.5) is 11.4 Å². The molecular formula is C11H12N2O3. The fraction of sp³-hybridized carbons (Fsp3) is 0.455. The van der Waals surface area contributed by atoms with Crippen molar-refractivity contribution in [1.82, 2.24) is 0 Å². The third-order valence-electron chi connectivity index (χ3n) is 3.49. The highest BCUT2D eigenvalue weighted by atomic mass is 16.6. The molecule has 2 aliphatic rings. The number of nitro benzene ring substituents is 1. The van der Waals surface area contributed by atoms with Crippen LogP contribution in [-0.4, -0.2) is 30.2 Å². The number of anilines is 1. The van der Waals surface area contributed by atoms with E-state index in [0.717, 1.165) is 31.9 Å². The molecule has 0 aromatic heterocycles. The first kappa shape index (κ1) is 9.59. The summed E-state index contributed by atoms with van der Waals surface area (Å²) in [5.74, 6) is 0. The van der Waals surface area contributed by atoms with Crippen LogP contribution in [0.25, 0.3) is 0 Å². The van der Waals surface area contributed by atoms with Crippen LogP contribution < -0.4 is 4.90 Å². The number of nitro groups is 1. The third kappa shape index (κ3) is 1.21. The summed E-state index contributed by atoms with van der Waals surface area (Å²) in [7, 11) is 0. The van der Waals surface area contributed by atoms with Crippen LogP contribution in [0.2, 0.25) is 0 Å². The lowest BCUT2D eigenvalue weighted by atomic mass is 9.82. The SMILES string of the molecule is O=[N+]([O-])c1ccc(N2CCC23COC3)cc1. The number of hydrogen-bond acceptors (Lipinski definition) is 4. The first-order valence-corrected chi connectivity index (χ1v) is 5.31. The highest BCUT2D eigenvalue weighted by molar-refractivity contribution is 5.56. The lowest BCUT2D eigenvalue weighted by Gasteiger charge is -2.58. The van der Waals surface area contributed by atoms with Crippen LogP contribution in [0.5, 0.6) is 0 Å². The minimum Gasteiger partial charge on any atom is -0.376 e. The largest absolute Gasteiger partial charge is 0.376 e. The Morgan fingerprint density at radius 1 is 1.31 bits per heavy atom. The van der Waals surface area contributed by atoms with E-state index in [1.165, 1.54) is 0 Å². The number of ether oxygens (including phenoxy) is 1. The topological polar surface area (TPSA) is 55.6 Å². The van der Waals surface area contributed by atoms with E-state index in [2.05, 4.69) is 4.90 Å². The average molecular weight is 220 g/mol. The van der Waals surface area contributed by atoms with Crippen molar-refractivity contribution in [3.8, 4) is 0 Å². The highest BCUT2D eigenvalue weighted by Crippen LogP contribution is 2.41. The molecule has 2 fully saturated rings. The molecule has 0 unspecified atom stereocenters. The second kappa shape index (κ2) is 3.18. The van der Waals surface area contributed by atoms with Crippen LogP contribution in [0, 0.1) is 10.1 Å². The molecule has 1 spiro atoms. The minimum absolute atomic E-state index is 0.142. The normalized spacial score (nSPS) is 21.4. The van der Waals surface area contributed by atoms with Gasteiger partial charge in [-0.25, -0.2) is 0 Å². The van der Waals surface area contributed by atoms with E-state index in [0.29, 0.717) is 0 Å². The van der Waals surface area contributed by atoms with Gasteiger partial charge in [0.15, 0.2) is 0 Å². The first-order chi connectivity index (χ1) is 7.71. The Balaban J connectivity index is 1.82. The van der Waals surface area contributed by atoms with Crippen molar-refractivity contribution in [2.24, 2.45) is 0 Å². The van der Waals surface area contributed by atoms with E-state index in [1.807, 2.05) is 12.1 Å². The fourth-order valence-corrected chi connectivity index (χ4v) is 2.33. The maximum Gasteiger partial charge on any atom is 0.269 e. The van der Waals surface area contributed by atoms with Crippen molar-refractivity contribution in [2.75, 3.05) is 24.7 Å². The number of rotatable bonds is 2. The molecule has 0 atom stereocenters. The Bertz CT molecular complexity index is 420. The summed E-state index contributed by atoms with van der Waals surface area (Å²) in [5, 5.41) is 10.5. The second-order valence-corrected chi connectivity index (χ2v) is 4.39. The monoisotopic (exact) mass is 220 g/mol. The van der Waals surface area contributed by atoms with Gasteiger partial charge in [0.05, 0.1) is 23.7 Å². The molecule has 84 valence electrons. The van der Waals surface area contributed by atoms with E-state index >= 15 is 0 Å². The molecule has 1 aromatic carbocycles. The predicted molar refractivity (Wildman–Crippen MR) is 58.6 cm³/mol. The zero-order chi connectivity index (χ0) is 11.2. The van der Waals surface area contributed by atoms with Crippen LogP contribution in [0.3, 0.4) is 0 Å². The van der Waals surface area contributed by atoms with Gasteiger partial charge in [0.2, 0.25) is 0 Å². The van der Waals surface area contributed by atoms with Crippen molar-refractivity contribution in [3.63, 3.8) is 0 Å². The fourth-order valence-electron chi connectivity index (χ4n) is 2.33. The smallest absolute Gasteiger partial charge is 0.269 e. The molecule has 3 rings (SSSR count). The van der Waals surface area contributed by atoms with E-state index in [-0.39, 0.29) is 16.1 Å². The minimum atomic E-state index is -0.373. The maximum absolute atomic E-state index is 10.5. The highest BCUT2D eigenvalue weighted by Gasteiger charge is 2.50. The number of nitrogens with zero attached hydrogens (tertiary/aromatic N) is 2. The van der Waals surface area contributed by atoms with Gasteiger partial charge in [0.1, 0.15) is 0 Å². The van der Waals surface area contributed by atoms with E-state index in [1.54, 1.807) is 12.1 Å². The molecule has 0 radical (unpaired) electrons. The molecule has 0 bridgehead atoms.